The number of amides is 1. The van der Waals surface area contributed by atoms with E-state index in [-0.39, 0.29) is 12.0 Å². The highest BCUT2D eigenvalue weighted by Gasteiger charge is 2.30. The summed E-state index contributed by atoms with van der Waals surface area (Å²) in [4.78, 5) is 25.0. The average molecular weight is 550 g/mol. The second kappa shape index (κ2) is 10.8. The molecule has 0 unspecified atom stereocenters. The number of carbonyl (C=O) groups excluding carboxylic acids is 1. The number of thiazole rings is 1. The van der Waals surface area contributed by atoms with Gasteiger partial charge < -0.3 is 19.1 Å². The predicted octanol–water partition coefficient (Wildman–Crippen LogP) is 6.17. The van der Waals surface area contributed by atoms with Crippen LogP contribution in [0.15, 0.2) is 36.5 Å². The number of rotatable bonds is 6. The van der Waals surface area contributed by atoms with Gasteiger partial charge in [-0.05, 0) is 65.2 Å². The molecular weight excluding hydrogens is 514 g/mol. The number of hydrogen-bond acceptors (Lipinski definition) is 8. The molecule has 39 heavy (non-hydrogen) atoms. The number of likely N-dealkylation sites (tertiary alicyclic amines) is 1. The third kappa shape index (κ3) is 6.00. The molecule has 0 spiro atoms. The standard InChI is InChI=1S/C29H35N5O4S/c1-18-26(39-19(2)31-18)23-16-30-34-24(21-11-13-33(14-12-21)28(35)38-29(3,4)5)15-25(32-27(23)34)37-17-20-7-9-22(36-6)10-8-20/h7-10,15-16,21H,11-14,17H2,1-6H3. The normalized spacial score (nSPS) is 14.6. The Kier molecular flexibility index (Phi) is 7.48. The van der Waals surface area contributed by atoms with E-state index in [0.29, 0.717) is 25.6 Å². The van der Waals surface area contributed by atoms with Crippen molar-refractivity contribution in [2.24, 2.45) is 0 Å². The van der Waals surface area contributed by atoms with Crippen molar-refractivity contribution in [2.75, 3.05) is 20.2 Å². The highest BCUT2D eigenvalue weighted by atomic mass is 32.1. The second-order valence-corrected chi connectivity index (χ2v) is 12.0. The molecule has 3 aromatic heterocycles. The van der Waals surface area contributed by atoms with E-state index < -0.39 is 5.60 Å². The molecule has 0 atom stereocenters. The van der Waals surface area contributed by atoms with Gasteiger partial charge in [0, 0.05) is 25.1 Å². The zero-order valence-corrected chi connectivity index (χ0v) is 24.2. The molecule has 206 valence electrons. The molecule has 0 bridgehead atoms. The number of benzene rings is 1. The first-order chi connectivity index (χ1) is 18.6. The van der Waals surface area contributed by atoms with Crippen molar-refractivity contribution >= 4 is 23.1 Å². The van der Waals surface area contributed by atoms with Crippen molar-refractivity contribution in [3.8, 4) is 22.1 Å². The molecule has 1 aromatic carbocycles. The lowest BCUT2D eigenvalue weighted by molar-refractivity contribution is 0.0203. The Morgan fingerprint density at radius 2 is 1.82 bits per heavy atom. The van der Waals surface area contributed by atoms with Gasteiger partial charge in [-0.1, -0.05) is 12.1 Å². The van der Waals surface area contributed by atoms with Crippen molar-refractivity contribution in [3.63, 3.8) is 0 Å². The minimum absolute atomic E-state index is 0.189. The molecule has 0 aliphatic carbocycles. The number of hydrogen-bond donors (Lipinski definition) is 0. The number of nitrogens with zero attached hydrogens (tertiary/aromatic N) is 5. The van der Waals surface area contributed by atoms with Gasteiger partial charge in [0.2, 0.25) is 5.88 Å². The fourth-order valence-electron chi connectivity index (χ4n) is 4.83. The maximum Gasteiger partial charge on any atom is 0.410 e. The number of methoxy groups -OCH3 is 1. The van der Waals surface area contributed by atoms with Gasteiger partial charge in [0.05, 0.1) is 40.1 Å². The van der Waals surface area contributed by atoms with E-state index in [1.54, 1.807) is 23.3 Å². The van der Waals surface area contributed by atoms with Crippen LogP contribution in [0.2, 0.25) is 0 Å². The van der Waals surface area contributed by atoms with Crippen LogP contribution in [0.25, 0.3) is 16.1 Å². The number of ether oxygens (including phenoxy) is 3. The van der Waals surface area contributed by atoms with E-state index in [9.17, 15) is 4.79 Å². The summed E-state index contributed by atoms with van der Waals surface area (Å²) in [5.74, 6) is 1.54. The van der Waals surface area contributed by atoms with E-state index >= 15 is 0 Å². The quantitative estimate of drug-likeness (QED) is 0.284. The van der Waals surface area contributed by atoms with Crippen LogP contribution in [-0.4, -0.2) is 56.4 Å². The molecular formula is C29H35N5O4S. The van der Waals surface area contributed by atoms with Crippen LogP contribution in [0, 0.1) is 13.8 Å². The highest BCUT2D eigenvalue weighted by Crippen LogP contribution is 2.36. The van der Waals surface area contributed by atoms with Crippen LogP contribution >= 0.6 is 11.3 Å². The third-order valence-electron chi connectivity index (χ3n) is 6.73. The molecule has 1 saturated heterocycles. The molecule has 10 heteroatoms. The van der Waals surface area contributed by atoms with Crippen molar-refractivity contribution in [1.82, 2.24) is 24.5 Å². The summed E-state index contributed by atoms with van der Waals surface area (Å²) < 4.78 is 19.0. The van der Waals surface area contributed by atoms with Crippen LogP contribution in [0.3, 0.4) is 0 Å². The molecule has 0 saturated carbocycles. The van der Waals surface area contributed by atoms with E-state index in [0.717, 1.165) is 56.6 Å². The SMILES string of the molecule is COc1ccc(COc2cc(C3CCN(C(=O)OC(C)(C)C)CC3)n3ncc(-c4sc(C)nc4C)c3n2)cc1. The van der Waals surface area contributed by atoms with Gasteiger partial charge >= 0.3 is 6.09 Å². The van der Waals surface area contributed by atoms with E-state index in [1.807, 2.05) is 75.7 Å². The fraction of sp³-hybridized carbons (Fsp3) is 0.448. The summed E-state index contributed by atoms with van der Waals surface area (Å²) in [5, 5.41) is 5.76. The summed E-state index contributed by atoms with van der Waals surface area (Å²) in [6, 6.07) is 9.80. The van der Waals surface area contributed by atoms with Gasteiger partial charge in [0.1, 0.15) is 18.0 Å². The zero-order valence-electron chi connectivity index (χ0n) is 23.4. The minimum Gasteiger partial charge on any atom is -0.497 e. The smallest absolute Gasteiger partial charge is 0.410 e. The maximum atomic E-state index is 12.6. The number of carbonyl (C=O) groups is 1. The fourth-order valence-corrected chi connectivity index (χ4v) is 5.76. The van der Waals surface area contributed by atoms with Gasteiger partial charge in [0.15, 0.2) is 5.65 Å². The van der Waals surface area contributed by atoms with E-state index in [1.165, 1.54) is 0 Å². The lowest BCUT2D eigenvalue weighted by atomic mass is 9.93. The first kappa shape index (κ1) is 26.9. The van der Waals surface area contributed by atoms with Crippen molar-refractivity contribution < 1.29 is 19.0 Å². The van der Waals surface area contributed by atoms with Crippen molar-refractivity contribution in [2.45, 2.75) is 65.6 Å². The molecule has 0 N–H and O–H groups in total. The van der Waals surface area contributed by atoms with E-state index in [4.69, 9.17) is 24.3 Å². The van der Waals surface area contributed by atoms with Crippen LogP contribution < -0.4 is 9.47 Å². The Labute approximate surface area is 232 Å². The van der Waals surface area contributed by atoms with Crippen molar-refractivity contribution in [1.29, 1.82) is 0 Å². The number of fused-ring (bicyclic) bond motifs is 1. The Hall–Kier alpha value is -3.66. The maximum absolute atomic E-state index is 12.6. The molecule has 1 aliphatic rings. The molecule has 4 heterocycles. The van der Waals surface area contributed by atoms with E-state index in [2.05, 4.69) is 4.98 Å². The number of piperidine rings is 1. The van der Waals surface area contributed by atoms with Gasteiger partial charge in [-0.3, -0.25) is 0 Å². The molecule has 4 aromatic rings. The average Bonchev–Trinajstić information content (AvgIpc) is 3.48. The number of aromatic nitrogens is 4. The van der Waals surface area contributed by atoms with Crippen molar-refractivity contribution in [3.05, 3.63) is 58.5 Å². The highest BCUT2D eigenvalue weighted by molar-refractivity contribution is 7.15. The van der Waals surface area contributed by atoms with Crippen LogP contribution in [0.1, 0.15) is 61.5 Å². The van der Waals surface area contributed by atoms with Gasteiger partial charge in [-0.2, -0.15) is 10.1 Å². The van der Waals surface area contributed by atoms with Crippen LogP contribution in [0.5, 0.6) is 11.6 Å². The lowest BCUT2D eigenvalue weighted by Crippen LogP contribution is -2.41. The number of aryl methyl sites for hydroxylation is 2. The predicted molar refractivity (Wildman–Crippen MR) is 151 cm³/mol. The Bertz CT molecular complexity index is 1460. The Balaban J connectivity index is 1.45. The molecule has 9 nitrogen and oxygen atoms in total. The molecule has 0 radical (unpaired) electrons. The summed E-state index contributed by atoms with van der Waals surface area (Å²) >= 11 is 1.64. The lowest BCUT2D eigenvalue weighted by Gasteiger charge is -2.33. The zero-order chi connectivity index (χ0) is 27.7. The molecule has 5 rings (SSSR count). The topological polar surface area (TPSA) is 91.1 Å². The second-order valence-electron chi connectivity index (χ2n) is 10.8. The molecule has 1 fully saturated rings. The van der Waals surface area contributed by atoms with Crippen LogP contribution in [-0.2, 0) is 11.3 Å². The van der Waals surface area contributed by atoms with Crippen LogP contribution in [0.4, 0.5) is 4.79 Å². The largest absolute Gasteiger partial charge is 0.497 e. The summed E-state index contributed by atoms with van der Waals surface area (Å²) in [5.41, 5.74) is 4.19. The first-order valence-corrected chi connectivity index (χ1v) is 14.0. The molecule has 1 aliphatic heterocycles. The minimum atomic E-state index is -0.514. The summed E-state index contributed by atoms with van der Waals surface area (Å²) in [6.45, 7) is 11.3. The Morgan fingerprint density at radius 3 is 2.44 bits per heavy atom. The van der Waals surface area contributed by atoms with Gasteiger partial charge in [0.25, 0.3) is 0 Å². The van der Waals surface area contributed by atoms with Gasteiger partial charge in [-0.25, -0.2) is 14.3 Å². The summed E-state index contributed by atoms with van der Waals surface area (Å²) in [7, 11) is 1.65. The monoisotopic (exact) mass is 549 g/mol. The molecule has 1 amide bonds. The Morgan fingerprint density at radius 1 is 1.10 bits per heavy atom. The summed E-state index contributed by atoms with van der Waals surface area (Å²) in [6.07, 6.45) is 3.20. The third-order valence-corrected chi connectivity index (χ3v) is 7.84. The van der Waals surface area contributed by atoms with Gasteiger partial charge in [-0.15, -0.1) is 11.3 Å². The first-order valence-electron chi connectivity index (χ1n) is 13.2.